The van der Waals surface area contributed by atoms with Gasteiger partial charge in [0.1, 0.15) is 6.61 Å². The number of para-hydroxylation sites is 2. The van der Waals surface area contributed by atoms with Crippen LogP contribution in [0.2, 0.25) is 0 Å². The van der Waals surface area contributed by atoms with Gasteiger partial charge in [-0.15, -0.1) is 0 Å². The quantitative estimate of drug-likeness (QED) is 0.793. The van der Waals surface area contributed by atoms with Crippen molar-refractivity contribution in [2.75, 3.05) is 7.11 Å². The second kappa shape index (κ2) is 6.10. The number of hydrogen-bond donors (Lipinski definition) is 0. The Balaban J connectivity index is 2.06. The Morgan fingerprint density at radius 3 is 2.33 bits per heavy atom. The maximum atomic E-state index is 5.79. The van der Waals surface area contributed by atoms with E-state index in [-0.39, 0.29) is 0 Å². The first kappa shape index (κ1) is 12.5. The lowest BCUT2D eigenvalue weighted by atomic mass is 10.1. The van der Waals surface area contributed by atoms with Crippen molar-refractivity contribution < 1.29 is 9.47 Å². The summed E-state index contributed by atoms with van der Waals surface area (Å²) < 4.78 is 11.0. The fourth-order valence-corrected chi connectivity index (χ4v) is 1.84. The van der Waals surface area contributed by atoms with Gasteiger partial charge in [0.05, 0.1) is 7.11 Å². The summed E-state index contributed by atoms with van der Waals surface area (Å²) in [6.45, 7) is 2.72. The van der Waals surface area contributed by atoms with Crippen LogP contribution in [0.3, 0.4) is 0 Å². The molecule has 0 unspecified atom stereocenters. The molecule has 2 aromatic carbocycles. The van der Waals surface area contributed by atoms with Gasteiger partial charge in [-0.3, -0.25) is 0 Å². The van der Waals surface area contributed by atoms with Crippen molar-refractivity contribution in [1.29, 1.82) is 0 Å². The lowest BCUT2D eigenvalue weighted by molar-refractivity contribution is 0.284. The Bertz CT molecular complexity index is 506. The van der Waals surface area contributed by atoms with E-state index >= 15 is 0 Å². The van der Waals surface area contributed by atoms with E-state index in [2.05, 4.69) is 31.2 Å². The van der Waals surface area contributed by atoms with Gasteiger partial charge in [-0.25, -0.2) is 0 Å². The molecule has 0 aliphatic heterocycles. The summed E-state index contributed by atoms with van der Waals surface area (Å²) in [7, 11) is 1.65. The van der Waals surface area contributed by atoms with Crippen molar-refractivity contribution in [2.24, 2.45) is 0 Å². The molecule has 2 rings (SSSR count). The lowest BCUT2D eigenvalue weighted by Crippen LogP contribution is -1.98. The van der Waals surface area contributed by atoms with Crippen molar-refractivity contribution in [2.45, 2.75) is 20.0 Å². The monoisotopic (exact) mass is 242 g/mol. The largest absolute Gasteiger partial charge is 0.493 e. The summed E-state index contributed by atoms with van der Waals surface area (Å²) in [5, 5.41) is 0. The molecule has 0 spiro atoms. The van der Waals surface area contributed by atoms with Crippen LogP contribution in [0.25, 0.3) is 0 Å². The van der Waals surface area contributed by atoms with Crippen LogP contribution in [0.4, 0.5) is 0 Å². The predicted octanol–water partition coefficient (Wildman–Crippen LogP) is 3.84. The summed E-state index contributed by atoms with van der Waals surface area (Å²) in [5.74, 6) is 1.55. The first-order valence-electron chi connectivity index (χ1n) is 6.17. The number of hydrogen-bond acceptors (Lipinski definition) is 2. The average Bonchev–Trinajstić information content (AvgIpc) is 2.45. The van der Waals surface area contributed by atoms with Gasteiger partial charge in [0, 0.05) is 0 Å². The highest BCUT2D eigenvalue weighted by atomic mass is 16.5. The number of rotatable bonds is 5. The maximum absolute atomic E-state index is 5.79. The molecular formula is C16H18O2. The summed E-state index contributed by atoms with van der Waals surface area (Å²) in [5.41, 5.74) is 2.51. The number of benzene rings is 2. The summed E-state index contributed by atoms with van der Waals surface area (Å²) in [6, 6.07) is 16.2. The van der Waals surface area contributed by atoms with Gasteiger partial charge >= 0.3 is 0 Å². The summed E-state index contributed by atoms with van der Waals surface area (Å²) in [4.78, 5) is 0. The highest BCUT2D eigenvalue weighted by Crippen LogP contribution is 2.26. The van der Waals surface area contributed by atoms with Crippen molar-refractivity contribution in [3.05, 3.63) is 59.7 Å². The van der Waals surface area contributed by atoms with Gasteiger partial charge in [0.2, 0.25) is 0 Å². The van der Waals surface area contributed by atoms with Crippen LogP contribution in [0.5, 0.6) is 11.5 Å². The van der Waals surface area contributed by atoms with E-state index in [0.717, 1.165) is 17.9 Å². The van der Waals surface area contributed by atoms with Crippen LogP contribution in [0.15, 0.2) is 48.5 Å². The smallest absolute Gasteiger partial charge is 0.161 e. The normalized spacial score (nSPS) is 10.1. The molecule has 0 bridgehead atoms. The molecule has 0 radical (unpaired) electrons. The molecular weight excluding hydrogens is 224 g/mol. The van der Waals surface area contributed by atoms with Gasteiger partial charge in [-0.2, -0.15) is 0 Å². The van der Waals surface area contributed by atoms with Crippen molar-refractivity contribution in [3.63, 3.8) is 0 Å². The molecule has 0 aliphatic carbocycles. The molecule has 18 heavy (non-hydrogen) atoms. The lowest BCUT2D eigenvalue weighted by Gasteiger charge is -2.10. The topological polar surface area (TPSA) is 18.5 Å². The second-order valence-electron chi connectivity index (χ2n) is 4.11. The molecule has 0 aliphatic rings. The molecule has 0 amide bonds. The van der Waals surface area contributed by atoms with Gasteiger partial charge in [-0.1, -0.05) is 43.3 Å². The van der Waals surface area contributed by atoms with Crippen molar-refractivity contribution in [3.8, 4) is 11.5 Å². The fourth-order valence-electron chi connectivity index (χ4n) is 1.84. The molecule has 0 aromatic heterocycles. The third-order valence-corrected chi connectivity index (χ3v) is 2.86. The highest BCUT2D eigenvalue weighted by molar-refractivity contribution is 5.39. The van der Waals surface area contributed by atoms with E-state index in [4.69, 9.17) is 9.47 Å². The van der Waals surface area contributed by atoms with Gasteiger partial charge in [0.25, 0.3) is 0 Å². The van der Waals surface area contributed by atoms with E-state index in [9.17, 15) is 0 Å². The minimum atomic E-state index is 0.564. The van der Waals surface area contributed by atoms with E-state index < -0.39 is 0 Å². The minimum absolute atomic E-state index is 0.564. The number of aryl methyl sites for hydroxylation is 1. The highest BCUT2D eigenvalue weighted by Gasteiger charge is 2.03. The van der Waals surface area contributed by atoms with Crippen LogP contribution in [0, 0.1) is 0 Å². The summed E-state index contributed by atoms with van der Waals surface area (Å²) >= 11 is 0. The molecule has 2 nitrogen and oxygen atoms in total. The first-order chi connectivity index (χ1) is 8.83. The Morgan fingerprint density at radius 2 is 1.61 bits per heavy atom. The molecule has 0 saturated carbocycles. The molecule has 0 atom stereocenters. The van der Waals surface area contributed by atoms with E-state index in [0.29, 0.717) is 6.61 Å². The standard InChI is InChI=1S/C16H18O2/c1-3-13-7-6-8-14(11-13)12-18-16-10-5-4-9-15(16)17-2/h4-11H,3,12H2,1-2H3. The number of methoxy groups -OCH3 is 1. The van der Waals surface area contributed by atoms with Crippen LogP contribution >= 0.6 is 0 Å². The Kier molecular flexibility index (Phi) is 4.24. The first-order valence-corrected chi connectivity index (χ1v) is 6.17. The second-order valence-corrected chi connectivity index (χ2v) is 4.11. The zero-order chi connectivity index (χ0) is 12.8. The molecule has 0 N–H and O–H groups in total. The Labute approximate surface area is 108 Å². The zero-order valence-electron chi connectivity index (χ0n) is 10.8. The maximum Gasteiger partial charge on any atom is 0.161 e. The van der Waals surface area contributed by atoms with E-state index in [1.165, 1.54) is 11.1 Å². The van der Waals surface area contributed by atoms with Crippen LogP contribution < -0.4 is 9.47 Å². The van der Waals surface area contributed by atoms with Crippen LogP contribution in [-0.2, 0) is 13.0 Å². The molecule has 0 saturated heterocycles. The van der Waals surface area contributed by atoms with E-state index in [1.807, 2.05) is 24.3 Å². The van der Waals surface area contributed by atoms with Crippen LogP contribution in [-0.4, -0.2) is 7.11 Å². The van der Waals surface area contributed by atoms with Crippen LogP contribution in [0.1, 0.15) is 18.1 Å². The molecule has 2 aromatic rings. The average molecular weight is 242 g/mol. The van der Waals surface area contributed by atoms with E-state index in [1.54, 1.807) is 7.11 Å². The molecule has 0 heterocycles. The third kappa shape index (κ3) is 3.04. The number of ether oxygens (including phenoxy) is 2. The fraction of sp³-hybridized carbons (Fsp3) is 0.250. The Morgan fingerprint density at radius 1 is 0.889 bits per heavy atom. The zero-order valence-corrected chi connectivity index (χ0v) is 10.8. The Hall–Kier alpha value is -1.96. The third-order valence-electron chi connectivity index (χ3n) is 2.86. The summed E-state index contributed by atoms with van der Waals surface area (Å²) in [6.07, 6.45) is 1.04. The molecule has 94 valence electrons. The minimum Gasteiger partial charge on any atom is -0.493 e. The van der Waals surface area contributed by atoms with Gasteiger partial charge in [-0.05, 0) is 29.7 Å². The SMILES string of the molecule is CCc1cccc(COc2ccccc2OC)c1. The van der Waals surface area contributed by atoms with Crippen molar-refractivity contribution >= 4 is 0 Å². The predicted molar refractivity (Wildman–Crippen MR) is 73.1 cm³/mol. The van der Waals surface area contributed by atoms with Crippen molar-refractivity contribution in [1.82, 2.24) is 0 Å². The molecule has 2 heteroatoms. The van der Waals surface area contributed by atoms with Gasteiger partial charge in [0.15, 0.2) is 11.5 Å². The van der Waals surface area contributed by atoms with Gasteiger partial charge < -0.3 is 9.47 Å². The molecule has 0 fully saturated rings.